The second-order valence-corrected chi connectivity index (χ2v) is 15.1. The van der Waals surface area contributed by atoms with Crippen LogP contribution in [0.5, 0.6) is 5.75 Å². The van der Waals surface area contributed by atoms with Crippen LogP contribution in [0, 0.1) is 5.92 Å². The van der Waals surface area contributed by atoms with Gasteiger partial charge >= 0.3 is 11.9 Å². The number of benzene rings is 2. The number of carbonyl (C=O) groups is 4. The SMILES string of the molecule is C=C[Si]1(C)C2=CC(=[N+]3CC(C(=O)O)C3)C=CC2=C(c2cc(OC=O)ccc2C(=O)O)c2ccc(N3CC(OC=O)C3)cc21. The summed E-state index contributed by atoms with van der Waals surface area (Å²) in [6.45, 7) is 9.17. The van der Waals surface area contributed by atoms with Gasteiger partial charge in [0.15, 0.2) is 24.7 Å². The van der Waals surface area contributed by atoms with Crippen molar-refractivity contribution in [3.63, 3.8) is 0 Å². The zero-order chi connectivity index (χ0) is 30.5. The van der Waals surface area contributed by atoms with E-state index in [1.807, 2.05) is 34.6 Å². The number of anilines is 1. The molecule has 1 aliphatic carbocycles. The summed E-state index contributed by atoms with van der Waals surface area (Å²) < 4.78 is 12.2. The normalized spacial score (nSPS) is 22.4. The number of fused-ring (bicyclic) bond motifs is 2. The van der Waals surface area contributed by atoms with Gasteiger partial charge in [0.05, 0.1) is 18.7 Å². The molecule has 3 aliphatic heterocycles. The van der Waals surface area contributed by atoms with Gasteiger partial charge in [0.2, 0.25) is 0 Å². The van der Waals surface area contributed by atoms with Gasteiger partial charge in [-0.1, -0.05) is 18.3 Å². The Morgan fingerprint density at radius 2 is 1.81 bits per heavy atom. The first kappa shape index (κ1) is 28.1. The van der Waals surface area contributed by atoms with Crippen molar-refractivity contribution >= 4 is 55.1 Å². The van der Waals surface area contributed by atoms with Crippen LogP contribution in [0.4, 0.5) is 5.69 Å². The maximum absolute atomic E-state index is 12.5. The van der Waals surface area contributed by atoms with Crippen molar-refractivity contribution in [2.45, 2.75) is 12.7 Å². The predicted octanol–water partition coefficient (Wildman–Crippen LogP) is 2.31. The zero-order valence-corrected chi connectivity index (χ0v) is 24.4. The summed E-state index contributed by atoms with van der Waals surface area (Å²) in [7, 11) is -2.65. The lowest BCUT2D eigenvalue weighted by molar-refractivity contribution is -0.597. The lowest BCUT2D eigenvalue weighted by Crippen LogP contribution is -2.54. The average molecular weight is 598 g/mol. The number of allylic oxidation sites excluding steroid dienone is 5. The van der Waals surface area contributed by atoms with E-state index in [-0.39, 0.29) is 17.4 Å². The van der Waals surface area contributed by atoms with Gasteiger partial charge in [-0.05, 0) is 63.5 Å². The van der Waals surface area contributed by atoms with Crippen LogP contribution in [0.15, 0.2) is 77.7 Å². The number of carboxylic acids is 2. The van der Waals surface area contributed by atoms with E-state index in [4.69, 9.17) is 9.47 Å². The highest BCUT2D eigenvalue weighted by molar-refractivity contribution is 7.02. The molecule has 0 saturated carbocycles. The van der Waals surface area contributed by atoms with Gasteiger partial charge in [-0.25, -0.2) is 9.37 Å². The van der Waals surface area contributed by atoms with E-state index in [1.165, 1.54) is 12.1 Å². The molecule has 6 rings (SSSR count). The Labute approximate surface area is 248 Å². The number of carboxylic acid groups (broad SMARTS) is 2. The number of aliphatic carboxylic acids is 1. The van der Waals surface area contributed by atoms with Gasteiger partial charge in [0.25, 0.3) is 12.9 Å². The Morgan fingerprint density at radius 3 is 2.47 bits per heavy atom. The Bertz CT molecular complexity index is 1720. The summed E-state index contributed by atoms with van der Waals surface area (Å²) in [4.78, 5) is 48.0. The summed E-state index contributed by atoms with van der Waals surface area (Å²) in [6.07, 6.45) is 5.82. The van der Waals surface area contributed by atoms with Gasteiger partial charge < -0.3 is 24.6 Å². The molecule has 218 valence electrons. The quantitative estimate of drug-likeness (QED) is 0.254. The molecular formula is C32H29N2O8Si+. The summed E-state index contributed by atoms with van der Waals surface area (Å²) in [5.74, 6) is -2.14. The Hall–Kier alpha value is -5.03. The highest BCUT2D eigenvalue weighted by Crippen LogP contribution is 2.44. The highest BCUT2D eigenvalue weighted by Gasteiger charge is 2.45. The number of ether oxygens (including phenoxy) is 2. The minimum atomic E-state index is -2.65. The number of carbonyl (C=O) groups excluding carboxylic acids is 2. The summed E-state index contributed by atoms with van der Waals surface area (Å²) in [5, 5.41) is 21.6. The molecule has 0 amide bonds. The average Bonchev–Trinajstić information content (AvgIpc) is 2.94. The maximum Gasteiger partial charge on any atom is 0.336 e. The molecule has 2 aromatic carbocycles. The van der Waals surface area contributed by atoms with E-state index in [0.717, 1.165) is 32.9 Å². The van der Waals surface area contributed by atoms with E-state index < -0.39 is 25.9 Å². The molecule has 3 heterocycles. The van der Waals surface area contributed by atoms with E-state index in [9.17, 15) is 29.4 Å². The van der Waals surface area contributed by atoms with Crippen LogP contribution in [0.1, 0.15) is 21.5 Å². The Balaban J connectivity index is 1.58. The monoisotopic (exact) mass is 597 g/mol. The fraction of sp³-hybridized carbons (Fsp3) is 0.219. The van der Waals surface area contributed by atoms with Crippen molar-refractivity contribution in [3.8, 4) is 5.75 Å². The summed E-state index contributed by atoms with van der Waals surface area (Å²) in [6, 6.07) is 10.5. The predicted molar refractivity (Wildman–Crippen MR) is 161 cm³/mol. The first-order chi connectivity index (χ1) is 20.7. The fourth-order valence-corrected chi connectivity index (χ4v) is 9.42. The van der Waals surface area contributed by atoms with Gasteiger partial charge in [-0.15, -0.1) is 6.58 Å². The molecule has 2 aromatic rings. The molecule has 10 nitrogen and oxygen atoms in total. The molecule has 0 aromatic heterocycles. The molecule has 0 radical (unpaired) electrons. The van der Waals surface area contributed by atoms with Crippen molar-refractivity contribution in [2.75, 3.05) is 31.1 Å². The number of nitrogens with zero attached hydrogens (tertiary/aromatic N) is 2. The second kappa shape index (κ2) is 10.7. The van der Waals surface area contributed by atoms with E-state index >= 15 is 0 Å². The molecule has 11 heteroatoms. The lowest BCUT2D eigenvalue weighted by atomic mass is 9.86. The van der Waals surface area contributed by atoms with Crippen LogP contribution in [-0.2, 0) is 19.1 Å². The van der Waals surface area contributed by atoms with Gasteiger partial charge in [0, 0.05) is 23.4 Å². The molecule has 2 fully saturated rings. The van der Waals surface area contributed by atoms with E-state index in [2.05, 4.69) is 30.2 Å². The third-order valence-corrected chi connectivity index (χ3v) is 12.7. The van der Waals surface area contributed by atoms with Crippen LogP contribution >= 0.6 is 0 Å². The van der Waals surface area contributed by atoms with Crippen LogP contribution in [0.2, 0.25) is 6.55 Å². The third-order valence-electron chi connectivity index (χ3n) is 8.80. The topological polar surface area (TPSA) is 133 Å². The number of rotatable bonds is 9. The van der Waals surface area contributed by atoms with E-state index in [1.54, 1.807) is 6.07 Å². The fourth-order valence-electron chi connectivity index (χ4n) is 6.26. The molecule has 2 saturated heterocycles. The van der Waals surface area contributed by atoms with Crippen LogP contribution in [0.25, 0.3) is 5.57 Å². The molecule has 1 atom stereocenters. The zero-order valence-electron chi connectivity index (χ0n) is 23.4. The van der Waals surface area contributed by atoms with Crippen LogP contribution in [-0.4, -0.2) is 85.7 Å². The maximum atomic E-state index is 12.5. The minimum absolute atomic E-state index is 0.0609. The Morgan fingerprint density at radius 1 is 1.05 bits per heavy atom. The molecule has 4 aliphatic rings. The molecule has 1 unspecified atom stereocenters. The van der Waals surface area contributed by atoms with Gasteiger partial charge in [-0.3, -0.25) is 14.4 Å². The van der Waals surface area contributed by atoms with Gasteiger partial charge in [-0.2, -0.15) is 0 Å². The van der Waals surface area contributed by atoms with Gasteiger partial charge in [0.1, 0.15) is 19.9 Å². The third kappa shape index (κ3) is 4.61. The summed E-state index contributed by atoms with van der Waals surface area (Å²) in [5.41, 5.74) is 6.73. The summed E-state index contributed by atoms with van der Waals surface area (Å²) >= 11 is 0. The second-order valence-electron chi connectivity index (χ2n) is 11.2. The number of hydrogen-bond donors (Lipinski definition) is 2. The lowest BCUT2D eigenvalue weighted by Gasteiger charge is -2.42. The first-order valence-corrected chi connectivity index (χ1v) is 16.4. The molecule has 43 heavy (non-hydrogen) atoms. The molecule has 0 bridgehead atoms. The molecule has 0 spiro atoms. The molecule has 2 N–H and O–H groups in total. The van der Waals surface area contributed by atoms with Crippen molar-refractivity contribution in [3.05, 3.63) is 94.4 Å². The number of hydrogen-bond acceptors (Lipinski definition) is 7. The van der Waals surface area contributed by atoms with Crippen molar-refractivity contribution in [1.29, 1.82) is 0 Å². The number of aromatic carboxylic acids is 1. The van der Waals surface area contributed by atoms with Crippen LogP contribution < -0.4 is 14.8 Å². The van der Waals surface area contributed by atoms with Crippen LogP contribution in [0.3, 0.4) is 0 Å². The standard InChI is InChI=1S/C32H28N2O8Si/c1-3-43(2)28-10-20(33-13-19(14-33)31(37)38)4-7-25(28)30(27-12-22(41-17-35)6-9-24(27)32(39)40)26-8-5-21(11-29(26)43)34-15-23(16-34)42-18-36/h3-12,17-19,23H,1,13-16H2,2H3,(H-,37,38,39,40)/p+1. The van der Waals surface area contributed by atoms with E-state index in [0.29, 0.717) is 50.3 Å². The first-order valence-electron chi connectivity index (χ1n) is 13.8. The highest BCUT2D eigenvalue weighted by atomic mass is 28.3. The molecular weight excluding hydrogens is 568 g/mol. The van der Waals surface area contributed by atoms with Crippen molar-refractivity contribution in [2.24, 2.45) is 5.92 Å². The van der Waals surface area contributed by atoms with Crippen molar-refractivity contribution in [1.82, 2.24) is 0 Å². The smallest absolute Gasteiger partial charge is 0.336 e. The Kier molecular flexibility index (Phi) is 6.97. The largest absolute Gasteiger partial charge is 0.481 e. The van der Waals surface area contributed by atoms with Crippen molar-refractivity contribution < 1.29 is 43.4 Å². The minimum Gasteiger partial charge on any atom is -0.481 e.